The van der Waals surface area contributed by atoms with Crippen LogP contribution in [-0.4, -0.2) is 22.1 Å². The number of hydrogen-bond donors (Lipinski definition) is 0. The largest absolute Gasteiger partial charge is 0.464 e. The third-order valence-corrected chi connectivity index (χ3v) is 4.50. The number of hydrogen-bond acceptors (Lipinski definition) is 4. The summed E-state index contributed by atoms with van der Waals surface area (Å²) in [4.78, 5) is 28.9. The van der Waals surface area contributed by atoms with Crippen LogP contribution in [0, 0.1) is 0 Å². The predicted octanol–water partition coefficient (Wildman–Crippen LogP) is 2.21. The van der Waals surface area contributed by atoms with Crippen LogP contribution in [0.2, 0.25) is 5.15 Å². The first-order chi connectivity index (χ1) is 9.63. The van der Waals surface area contributed by atoms with Crippen molar-refractivity contribution in [1.82, 2.24) is 9.55 Å². The Morgan fingerprint density at radius 2 is 2.20 bits per heavy atom. The Morgan fingerprint density at radius 3 is 2.80 bits per heavy atom. The maximum absolute atomic E-state index is 12.6. The number of halogens is 1. The molecule has 20 heavy (non-hydrogen) atoms. The van der Waals surface area contributed by atoms with Crippen LogP contribution in [0.15, 0.2) is 4.79 Å². The molecule has 6 heteroatoms. The smallest absolute Gasteiger partial charge is 0.329 e. The number of fused-ring (bicyclic) bond motifs is 1. The van der Waals surface area contributed by atoms with E-state index in [-0.39, 0.29) is 17.4 Å². The van der Waals surface area contributed by atoms with Crippen LogP contribution in [-0.2, 0) is 16.0 Å². The molecule has 0 radical (unpaired) electrons. The molecule has 1 aromatic heterocycles. The number of esters is 1. The van der Waals surface area contributed by atoms with Crippen molar-refractivity contribution in [1.29, 1.82) is 0 Å². The number of carbonyl (C=O) groups is 1. The molecule has 108 valence electrons. The predicted molar refractivity (Wildman–Crippen MR) is 74.1 cm³/mol. The van der Waals surface area contributed by atoms with Crippen molar-refractivity contribution in [2.75, 3.05) is 6.61 Å². The summed E-state index contributed by atoms with van der Waals surface area (Å²) in [5.74, 6) is -0.156. The van der Waals surface area contributed by atoms with Crippen LogP contribution in [0.5, 0.6) is 0 Å². The lowest BCUT2D eigenvalue weighted by Crippen LogP contribution is -2.34. The van der Waals surface area contributed by atoms with Gasteiger partial charge in [0.05, 0.1) is 12.3 Å². The summed E-state index contributed by atoms with van der Waals surface area (Å²) in [5.41, 5.74) is 1.02. The first kappa shape index (κ1) is 13.6. The molecule has 0 amide bonds. The van der Waals surface area contributed by atoms with Crippen LogP contribution >= 0.6 is 11.6 Å². The normalized spacial score (nSPS) is 21.4. The van der Waals surface area contributed by atoms with Crippen molar-refractivity contribution in [2.24, 2.45) is 0 Å². The molecule has 2 aliphatic rings. The van der Waals surface area contributed by atoms with Gasteiger partial charge in [0.25, 0.3) is 5.56 Å². The van der Waals surface area contributed by atoms with Gasteiger partial charge in [0.1, 0.15) is 16.9 Å². The van der Waals surface area contributed by atoms with E-state index in [1.807, 2.05) is 0 Å². The molecule has 1 aromatic rings. The van der Waals surface area contributed by atoms with Crippen molar-refractivity contribution in [3.05, 3.63) is 26.9 Å². The Kier molecular flexibility index (Phi) is 3.54. The summed E-state index contributed by atoms with van der Waals surface area (Å²) < 4.78 is 6.57. The van der Waals surface area contributed by atoms with Gasteiger partial charge in [-0.1, -0.05) is 18.0 Å². The highest BCUT2D eigenvalue weighted by Gasteiger charge is 2.35. The Morgan fingerprint density at radius 1 is 1.45 bits per heavy atom. The first-order valence-corrected chi connectivity index (χ1v) is 7.48. The third-order valence-electron chi connectivity index (χ3n) is 4.20. The highest BCUT2D eigenvalue weighted by molar-refractivity contribution is 6.30. The zero-order valence-corrected chi connectivity index (χ0v) is 12.2. The third kappa shape index (κ3) is 2.04. The van der Waals surface area contributed by atoms with E-state index in [1.54, 1.807) is 6.92 Å². The molecular weight excluding hydrogens is 280 g/mol. The summed E-state index contributed by atoms with van der Waals surface area (Å²) in [7, 11) is 0. The lowest BCUT2D eigenvalue weighted by molar-refractivity contribution is -0.147. The van der Waals surface area contributed by atoms with E-state index in [4.69, 9.17) is 16.3 Å². The maximum Gasteiger partial charge on any atom is 0.329 e. The lowest BCUT2D eigenvalue weighted by Gasteiger charge is -2.25. The molecule has 0 spiro atoms. The van der Waals surface area contributed by atoms with E-state index in [1.165, 1.54) is 4.57 Å². The monoisotopic (exact) mass is 296 g/mol. The minimum Gasteiger partial charge on any atom is -0.464 e. The second kappa shape index (κ2) is 5.20. The van der Waals surface area contributed by atoms with Gasteiger partial charge in [0.15, 0.2) is 0 Å². The molecule has 0 bridgehead atoms. The number of carbonyl (C=O) groups excluding carboxylic acids is 1. The second-order valence-corrected chi connectivity index (χ2v) is 5.70. The molecule has 5 nitrogen and oxygen atoms in total. The van der Waals surface area contributed by atoms with E-state index >= 15 is 0 Å². The molecule has 0 saturated heterocycles. The van der Waals surface area contributed by atoms with E-state index in [0.29, 0.717) is 36.0 Å². The molecule has 1 unspecified atom stereocenters. The fourth-order valence-electron chi connectivity index (χ4n) is 2.93. The van der Waals surface area contributed by atoms with Crippen molar-refractivity contribution < 1.29 is 9.53 Å². The second-order valence-electron chi connectivity index (χ2n) is 5.34. The lowest BCUT2D eigenvalue weighted by atomic mass is 9.83. The molecular formula is C14H17ClN2O3. The summed E-state index contributed by atoms with van der Waals surface area (Å²) in [5, 5.41) is 0.360. The first-order valence-electron chi connectivity index (χ1n) is 7.11. The summed E-state index contributed by atoms with van der Waals surface area (Å²) >= 11 is 6.20. The zero-order chi connectivity index (χ0) is 14.3. The number of nitrogens with zero attached hydrogens (tertiary/aromatic N) is 2. The van der Waals surface area contributed by atoms with Gasteiger partial charge in [0, 0.05) is 5.92 Å². The Hall–Kier alpha value is -1.36. The highest BCUT2D eigenvalue weighted by atomic mass is 35.5. The van der Waals surface area contributed by atoms with Crippen LogP contribution in [0.1, 0.15) is 56.0 Å². The number of ether oxygens (including phenoxy) is 1. The molecule has 1 atom stereocenters. The topological polar surface area (TPSA) is 61.2 Å². The molecule has 1 aliphatic carbocycles. The van der Waals surface area contributed by atoms with Crippen molar-refractivity contribution >= 4 is 17.6 Å². The van der Waals surface area contributed by atoms with Crippen molar-refractivity contribution in [2.45, 2.75) is 51.0 Å². The quantitative estimate of drug-likeness (QED) is 0.802. The van der Waals surface area contributed by atoms with Crippen LogP contribution in [0.25, 0.3) is 0 Å². The SMILES string of the molecule is CCOC(=O)C1CCc2c(Cl)nc(C3CCC3)c(=O)n21. The van der Waals surface area contributed by atoms with E-state index in [0.717, 1.165) is 19.3 Å². The molecule has 2 heterocycles. The number of rotatable bonds is 3. The molecule has 0 aromatic carbocycles. The van der Waals surface area contributed by atoms with Gasteiger partial charge < -0.3 is 4.74 Å². The van der Waals surface area contributed by atoms with E-state index in [2.05, 4.69) is 4.98 Å². The fourth-order valence-corrected chi connectivity index (χ4v) is 3.21. The molecule has 0 N–H and O–H groups in total. The maximum atomic E-state index is 12.6. The summed E-state index contributed by atoms with van der Waals surface area (Å²) in [6, 6.07) is -0.545. The van der Waals surface area contributed by atoms with Gasteiger partial charge in [-0.2, -0.15) is 0 Å². The molecule has 1 aliphatic heterocycles. The van der Waals surface area contributed by atoms with E-state index < -0.39 is 6.04 Å². The average Bonchev–Trinajstić information content (AvgIpc) is 2.79. The Balaban J connectivity index is 2.05. The van der Waals surface area contributed by atoms with Crippen LogP contribution in [0.3, 0.4) is 0 Å². The van der Waals surface area contributed by atoms with E-state index in [9.17, 15) is 9.59 Å². The number of aromatic nitrogens is 2. The van der Waals surface area contributed by atoms with Crippen molar-refractivity contribution in [3.63, 3.8) is 0 Å². The molecule has 3 rings (SSSR count). The van der Waals surface area contributed by atoms with Crippen LogP contribution in [0.4, 0.5) is 0 Å². The van der Waals surface area contributed by atoms with Gasteiger partial charge >= 0.3 is 5.97 Å². The standard InChI is InChI=1S/C14H17ClN2O3/c1-2-20-14(19)10-7-6-9-12(15)16-11(8-4-3-5-8)13(18)17(9)10/h8,10H,2-7H2,1H3. The Bertz CT molecular complexity index is 607. The van der Waals surface area contributed by atoms with Gasteiger partial charge in [-0.15, -0.1) is 0 Å². The Labute approximate surface area is 121 Å². The molecule has 1 saturated carbocycles. The molecule has 1 fully saturated rings. The minimum absolute atomic E-state index is 0.162. The minimum atomic E-state index is -0.545. The summed E-state index contributed by atoms with van der Waals surface area (Å²) in [6.45, 7) is 2.07. The zero-order valence-electron chi connectivity index (χ0n) is 11.4. The highest BCUT2D eigenvalue weighted by Crippen LogP contribution is 2.36. The van der Waals surface area contributed by atoms with Crippen molar-refractivity contribution in [3.8, 4) is 0 Å². The fraction of sp³-hybridized carbons (Fsp3) is 0.643. The van der Waals surface area contributed by atoms with Crippen LogP contribution < -0.4 is 5.56 Å². The van der Waals surface area contributed by atoms with Gasteiger partial charge in [-0.05, 0) is 32.6 Å². The van der Waals surface area contributed by atoms with Gasteiger partial charge in [-0.25, -0.2) is 9.78 Å². The van der Waals surface area contributed by atoms with Gasteiger partial charge in [-0.3, -0.25) is 9.36 Å². The van der Waals surface area contributed by atoms with Gasteiger partial charge in [0.2, 0.25) is 0 Å². The average molecular weight is 297 g/mol. The summed E-state index contributed by atoms with van der Waals surface area (Å²) in [6.07, 6.45) is 4.22.